The van der Waals surface area contributed by atoms with Crippen molar-refractivity contribution in [3.05, 3.63) is 47.3 Å². The number of sulfonamides is 1. The molecule has 0 saturated heterocycles. The van der Waals surface area contributed by atoms with E-state index in [0.717, 1.165) is 12.1 Å². The summed E-state index contributed by atoms with van der Waals surface area (Å²) in [5.41, 5.74) is -3.38. The van der Waals surface area contributed by atoms with Crippen LogP contribution in [0.15, 0.2) is 35.2 Å². The summed E-state index contributed by atoms with van der Waals surface area (Å²) in [7, 11) is -2.77. The third-order valence-corrected chi connectivity index (χ3v) is 5.60. The van der Waals surface area contributed by atoms with Crippen LogP contribution in [0.2, 0.25) is 0 Å². The van der Waals surface area contributed by atoms with Gasteiger partial charge in [0.15, 0.2) is 5.60 Å². The molecular weight excluding hydrogens is 359 g/mol. The van der Waals surface area contributed by atoms with Crippen molar-refractivity contribution in [2.24, 2.45) is 7.05 Å². The average molecular weight is 377 g/mol. The van der Waals surface area contributed by atoms with Crippen LogP contribution >= 0.6 is 0 Å². The van der Waals surface area contributed by atoms with E-state index in [1.165, 1.54) is 43.8 Å². The van der Waals surface area contributed by atoms with Crippen LogP contribution in [0.4, 0.5) is 13.2 Å². The van der Waals surface area contributed by atoms with Gasteiger partial charge in [0.05, 0.1) is 17.9 Å². The Morgan fingerprint density at radius 3 is 2.20 bits per heavy atom. The lowest BCUT2D eigenvalue weighted by molar-refractivity contribution is -0.263. The van der Waals surface area contributed by atoms with Crippen molar-refractivity contribution in [3.8, 4) is 0 Å². The Morgan fingerprint density at radius 2 is 1.76 bits per heavy atom. The largest absolute Gasteiger partial charge is 0.422 e. The zero-order valence-electron chi connectivity index (χ0n) is 13.8. The smallest absolute Gasteiger partial charge is 0.375 e. The molecule has 0 radical (unpaired) electrons. The Kier molecular flexibility index (Phi) is 4.99. The van der Waals surface area contributed by atoms with Crippen LogP contribution in [0.1, 0.15) is 17.0 Å². The molecule has 0 bridgehead atoms. The number of hydrogen-bond acceptors (Lipinski definition) is 4. The highest BCUT2D eigenvalue weighted by Crippen LogP contribution is 2.38. The highest BCUT2D eigenvalue weighted by atomic mass is 32.2. The lowest BCUT2D eigenvalue weighted by Gasteiger charge is -2.31. The van der Waals surface area contributed by atoms with Gasteiger partial charge in [0.1, 0.15) is 4.90 Å². The molecule has 0 amide bonds. The standard InChI is InChI=1S/C15H18F3N3O3S/c1-10-13(11(2)21(3)20-10)25(23,24)19-9-14(22,15(16,17)18)12-7-5-4-6-8-12/h4-8,19,22H,9H2,1-3H3. The van der Waals surface area contributed by atoms with Crippen LogP contribution in [0, 0.1) is 13.8 Å². The second kappa shape index (κ2) is 6.43. The van der Waals surface area contributed by atoms with Crippen LogP contribution in [0.3, 0.4) is 0 Å². The molecule has 0 fully saturated rings. The number of aryl methyl sites for hydroxylation is 2. The van der Waals surface area contributed by atoms with Gasteiger partial charge in [-0.3, -0.25) is 4.68 Å². The SMILES string of the molecule is Cc1nn(C)c(C)c1S(=O)(=O)NCC(O)(c1ccccc1)C(F)(F)F. The summed E-state index contributed by atoms with van der Waals surface area (Å²) in [6, 6.07) is 6.32. The summed E-state index contributed by atoms with van der Waals surface area (Å²) in [5.74, 6) is 0. The molecular formula is C15H18F3N3O3S. The number of aromatic nitrogens is 2. The Hall–Kier alpha value is -1.91. The molecule has 1 aromatic carbocycles. The molecule has 6 nitrogen and oxygen atoms in total. The highest BCUT2D eigenvalue weighted by Gasteiger charge is 2.55. The molecule has 25 heavy (non-hydrogen) atoms. The minimum atomic E-state index is -5.07. The minimum Gasteiger partial charge on any atom is -0.375 e. The average Bonchev–Trinajstić information content (AvgIpc) is 2.78. The maximum absolute atomic E-state index is 13.4. The van der Waals surface area contributed by atoms with Crippen LogP contribution < -0.4 is 4.72 Å². The zero-order valence-corrected chi connectivity index (χ0v) is 14.6. The molecule has 138 valence electrons. The fourth-order valence-corrected chi connectivity index (χ4v) is 3.99. The van der Waals surface area contributed by atoms with Gasteiger partial charge in [0.25, 0.3) is 0 Å². The third kappa shape index (κ3) is 3.55. The molecule has 0 saturated carbocycles. The fraction of sp³-hybridized carbons (Fsp3) is 0.400. The van der Waals surface area contributed by atoms with Crippen LogP contribution in [-0.2, 0) is 22.7 Å². The van der Waals surface area contributed by atoms with Gasteiger partial charge in [0, 0.05) is 7.05 Å². The Bertz CT molecular complexity index is 863. The van der Waals surface area contributed by atoms with E-state index >= 15 is 0 Å². The first-order valence-corrected chi connectivity index (χ1v) is 8.73. The molecule has 0 spiro atoms. The molecule has 2 aromatic rings. The lowest BCUT2D eigenvalue weighted by atomic mass is 9.93. The molecule has 0 aliphatic carbocycles. The van der Waals surface area contributed by atoms with Gasteiger partial charge in [-0.1, -0.05) is 30.3 Å². The van der Waals surface area contributed by atoms with E-state index in [1.54, 1.807) is 0 Å². The van der Waals surface area contributed by atoms with Crippen LogP contribution in [0.5, 0.6) is 0 Å². The summed E-state index contributed by atoms with van der Waals surface area (Å²) >= 11 is 0. The first kappa shape index (κ1) is 19.4. The topological polar surface area (TPSA) is 84.2 Å². The van der Waals surface area contributed by atoms with Gasteiger partial charge in [-0.05, 0) is 19.4 Å². The number of hydrogen-bond donors (Lipinski definition) is 2. The van der Waals surface area contributed by atoms with Crippen LogP contribution in [-0.4, -0.2) is 36.0 Å². The predicted octanol–water partition coefficient (Wildman–Crippen LogP) is 1.77. The highest BCUT2D eigenvalue weighted by molar-refractivity contribution is 7.89. The monoisotopic (exact) mass is 377 g/mol. The number of nitrogens with one attached hydrogen (secondary N) is 1. The maximum atomic E-state index is 13.4. The van der Waals surface area contributed by atoms with Crippen molar-refractivity contribution >= 4 is 10.0 Å². The van der Waals surface area contributed by atoms with Crippen molar-refractivity contribution in [1.29, 1.82) is 0 Å². The molecule has 2 N–H and O–H groups in total. The summed E-state index contributed by atoms with van der Waals surface area (Å²) in [6.07, 6.45) is -5.07. The van der Waals surface area contributed by atoms with E-state index in [0.29, 0.717) is 0 Å². The number of alkyl halides is 3. The van der Waals surface area contributed by atoms with E-state index in [2.05, 4.69) is 5.10 Å². The van der Waals surface area contributed by atoms with E-state index in [1.807, 2.05) is 4.72 Å². The van der Waals surface area contributed by atoms with Crippen molar-refractivity contribution in [1.82, 2.24) is 14.5 Å². The minimum absolute atomic E-state index is 0.155. The Balaban J connectivity index is 2.39. The molecule has 1 heterocycles. The van der Waals surface area contributed by atoms with Crippen molar-refractivity contribution in [2.45, 2.75) is 30.5 Å². The van der Waals surface area contributed by atoms with E-state index in [9.17, 15) is 26.7 Å². The second-order valence-electron chi connectivity index (χ2n) is 5.67. The first-order chi connectivity index (χ1) is 11.4. The number of benzene rings is 1. The van der Waals surface area contributed by atoms with Gasteiger partial charge < -0.3 is 5.11 Å². The summed E-state index contributed by atoms with van der Waals surface area (Å²) in [4.78, 5) is -0.201. The number of aliphatic hydroxyl groups is 1. The van der Waals surface area contributed by atoms with E-state index in [-0.39, 0.29) is 16.3 Å². The summed E-state index contributed by atoms with van der Waals surface area (Å²) < 4.78 is 68.4. The van der Waals surface area contributed by atoms with Crippen molar-refractivity contribution < 1.29 is 26.7 Å². The predicted molar refractivity (Wildman–Crippen MR) is 84.3 cm³/mol. The molecule has 1 aromatic heterocycles. The summed E-state index contributed by atoms with van der Waals surface area (Å²) in [5, 5.41) is 14.1. The van der Waals surface area contributed by atoms with Crippen molar-refractivity contribution in [2.75, 3.05) is 6.54 Å². The quantitative estimate of drug-likeness (QED) is 0.832. The van der Waals surface area contributed by atoms with Gasteiger partial charge in [-0.25, -0.2) is 13.1 Å². The van der Waals surface area contributed by atoms with Gasteiger partial charge >= 0.3 is 6.18 Å². The second-order valence-corrected chi connectivity index (χ2v) is 7.38. The molecule has 0 aliphatic heterocycles. The normalized spacial score (nSPS) is 15.2. The molecule has 10 heteroatoms. The zero-order chi connectivity index (χ0) is 19.0. The molecule has 0 aliphatic rings. The molecule has 1 atom stereocenters. The third-order valence-electron chi connectivity index (χ3n) is 3.95. The fourth-order valence-electron chi connectivity index (χ4n) is 2.49. The van der Waals surface area contributed by atoms with Gasteiger partial charge in [-0.15, -0.1) is 0 Å². The molecule has 1 unspecified atom stereocenters. The number of nitrogens with zero attached hydrogens (tertiary/aromatic N) is 2. The van der Waals surface area contributed by atoms with Gasteiger partial charge in [0.2, 0.25) is 10.0 Å². The van der Waals surface area contributed by atoms with Crippen molar-refractivity contribution in [3.63, 3.8) is 0 Å². The van der Waals surface area contributed by atoms with Crippen LogP contribution in [0.25, 0.3) is 0 Å². The maximum Gasteiger partial charge on any atom is 0.422 e. The lowest BCUT2D eigenvalue weighted by Crippen LogP contribution is -2.51. The first-order valence-electron chi connectivity index (χ1n) is 7.24. The summed E-state index contributed by atoms with van der Waals surface area (Å²) in [6.45, 7) is 1.67. The Labute approximate surface area is 143 Å². The van der Waals surface area contributed by atoms with E-state index in [4.69, 9.17) is 0 Å². The van der Waals surface area contributed by atoms with Gasteiger partial charge in [-0.2, -0.15) is 18.3 Å². The number of halogens is 3. The van der Waals surface area contributed by atoms with E-state index < -0.39 is 33.9 Å². The number of rotatable bonds is 5. The molecule has 2 rings (SSSR count). The Morgan fingerprint density at radius 1 is 1.20 bits per heavy atom.